The minimum absolute atomic E-state index is 0.0231. The molecule has 0 fully saturated rings. The number of carbonyl (C=O) groups is 3. The van der Waals surface area contributed by atoms with Gasteiger partial charge in [-0.2, -0.15) is 0 Å². The van der Waals surface area contributed by atoms with E-state index in [1.807, 2.05) is 0 Å². The smallest absolute Gasteiger partial charge is 0.320 e. The first-order valence-electron chi connectivity index (χ1n) is 4.64. The van der Waals surface area contributed by atoms with Crippen LogP contribution in [0.5, 0.6) is 0 Å². The maximum Gasteiger partial charge on any atom is 0.320 e. The first-order valence-corrected chi connectivity index (χ1v) is 4.64. The number of hydrogen-bond donors (Lipinski definition) is 3. The number of carboxylic acids is 2. The molecule has 0 spiro atoms. The van der Waals surface area contributed by atoms with Gasteiger partial charge in [0.1, 0.15) is 6.04 Å². The summed E-state index contributed by atoms with van der Waals surface area (Å²) in [5.74, 6) is -2.41. The van der Waals surface area contributed by atoms with Crippen molar-refractivity contribution in [3.05, 3.63) is 0 Å². The Hall–Kier alpha value is -1.63. The fourth-order valence-corrected chi connectivity index (χ4v) is 0.606. The second-order valence-corrected chi connectivity index (χ2v) is 2.80. The summed E-state index contributed by atoms with van der Waals surface area (Å²) in [4.78, 5) is 29.7. The van der Waals surface area contributed by atoms with E-state index in [2.05, 4.69) is 4.74 Å². The molecule has 0 aromatic rings. The molecular formula is C9H17NO6. The molecule has 7 nitrogen and oxygen atoms in total. The number of carbonyl (C=O) groups excluding carboxylic acids is 1. The summed E-state index contributed by atoms with van der Waals surface area (Å²) in [6.45, 7) is 3.65. The quantitative estimate of drug-likeness (QED) is 0.564. The van der Waals surface area contributed by atoms with E-state index in [1.54, 1.807) is 6.92 Å². The highest BCUT2D eigenvalue weighted by Gasteiger charge is 2.12. The van der Waals surface area contributed by atoms with Gasteiger partial charge in [0.05, 0.1) is 6.61 Å². The zero-order chi connectivity index (χ0) is 13.1. The molecule has 1 unspecified atom stereocenters. The van der Waals surface area contributed by atoms with Gasteiger partial charge < -0.3 is 20.7 Å². The summed E-state index contributed by atoms with van der Waals surface area (Å²) in [6.07, 6.45) is -0.224. The summed E-state index contributed by atoms with van der Waals surface area (Å²) in [5.41, 5.74) is 5.00. The Morgan fingerprint density at radius 3 is 2.00 bits per heavy atom. The van der Waals surface area contributed by atoms with Gasteiger partial charge in [-0.25, -0.2) is 0 Å². The number of ether oxygens (including phenoxy) is 1. The highest BCUT2D eigenvalue weighted by Crippen LogP contribution is 1.93. The number of aliphatic carboxylic acids is 2. The normalized spacial score (nSPS) is 10.7. The lowest BCUT2D eigenvalue weighted by molar-refractivity contribution is -0.141. The molecule has 0 amide bonds. The van der Waals surface area contributed by atoms with E-state index in [0.717, 1.165) is 0 Å². The number of nitrogens with two attached hydrogens (primary N) is 1. The van der Waals surface area contributed by atoms with Gasteiger partial charge in [-0.3, -0.25) is 14.4 Å². The fourth-order valence-electron chi connectivity index (χ4n) is 0.606. The van der Waals surface area contributed by atoms with Crippen molar-refractivity contribution < 1.29 is 29.3 Å². The fraction of sp³-hybridized carbons (Fsp3) is 0.667. The summed E-state index contributed by atoms with van der Waals surface area (Å²) in [5, 5.41) is 16.3. The van der Waals surface area contributed by atoms with Crippen molar-refractivity contribution in [2.45, 2.75) is 32.7 Å². The van der Waals surface area contributed by atoms with Crippen LogP contribution in [0.3, 0.4) is 0 Å². The lowest BCUT2D eigenvalue weighted by atomic mass is 10.2. The predicted octanol–water partition coefficient (Wildman–Crippen LogP) is -0.167. The molecule has 0 heterocycles. The van der Waals surface area contributed by atoms with Crippen LogP contribution in [-0.4, -0.2) is 40.8 Å². The van der Waals surface area contributed by atoms with Gasteiger partial charge in [0.2, 0.25) is 0 Å². The Morgan fingerprint density at radius 2 is 1.81 bits per heavy atom. The van der Waals surface area contributed by atoms with Crippen LogP contribution in [0, 0.1) is 0 Å². The molecule has 16 heavy (non-hydrogen) atoms. The third-order valence-corrected chi connectivity index (χ3v) is 1.33. The minimum atomic E-state index is -1.17. The van der Waals surface area contributed by atoms with Crippen LogP contribution in [0.25, 0.3) is 0 Å². The third kappa shape index (κ3) is 14.9. The summed E-state index contributed by atoms with van der Waals surface area (Å²) >= 11 is 0. The van der Waals surface area contributed by atoms with Crippen molar-refractivity contribution in [3.8, 4) is 0 Å². The average molecular weight is 235 g/mol. The van der Waals surface area contributed by atoms with E-state index >= 15 is 0 Å². The van der Waals surface area contributed by atoms with Gasteiger partial charge in [0.25, 0.3) is 0 Å². The highest BCUT2D eigenvalue weighted by molar-refractivity contribution is 5.74. The molecular weight excluding hydrogens is 218 g/mol. The van der Waals surface area contributed by atoms with Crippen LogP contribution in [0.15, 0.2) is 0 Å². The molecule has 0 saturated carbocycles. The second-order valence-electron chi connectivity index (χ2n) is 2.80. The molecule has 0 aliphatic heterocycles. The molecule has 0 aromatic carbocycles. The van der Waals surface area contributed by atoms with Crippen molar-refractivity contribution in [3.63, 3.8) is 0 Å². The topological polar surface area (TPSA) is 127 Å². The molecule has 4 N–H and O–H groups in total. The maximum absolute atomic E-state index is 9.99. The Bertz CT molecular complexity index is 240. The van der Waals surface area contributed by atoms with Gasteiger partial charge in [-0.15, -0.1) is 0 Å². The number of carboxylic acid groups (broad SMARTS) is 2. The highest BCUT2D eigenvalue weighted by atomic mass is 16.5. The Labute approximate surface area is 93.2 Å². The van der Waals surface area contributed by atoms with Crippen molar-refractivity contribution in [2.24, 2.45) is 5.73 Å². The number of esters is 1. The molecule has 94 valence electrons. The zero-order valence-corrected chi connectivity index (χ0v) is 9.30. The van der Waals surface area contributed by atoms with Crippen molar-refractivity contribution in [1.29, 1.82) is 0 Å². The molecule has 0 aromatic heterocycles. The first kappa shape index (κ1) is 16.8. The zero-order valence-electron chi connectivity index (χ0n) is 9.30. The molecule has 1 atom stereocenters. The molecule has 0 aliphatic rings. The van der Waals surface area contributed by atoms with Crippen molar-refractivity contribution in [2.75, 3.05) is 6.61 Å². The monoisotopic (exact) mass is 235 g/mol. The summed E-state index contributed by atoms with van der Waals surface area (Å²) < 4.78 is 4.40. The lowest BCUT2D eigenvalue weighted by Crippen LogP contribution is -2.30. The van der Waals surface area contributed by atoms with Gasteiger partial charge in [-0.1, -0.05) is 0 Å². The van der Waals surface area contributed by atoms with Crippen LogP contribution in [-0.2, 0) is 19.1 Å². The van der Waals surface area contributed by atoms with Gasteiger partial charge in [0, 0.05) is 13.3 Å². The predicted molar refractivity (Wildman–Crippen MR) is 54.8 cm³/mol. The van der Waals surface area contributed by atoms with Gasteiger partial charge in [-0.05, 0) is 13.3 Å². The second kappa shape index (κ2) is 9.91. The van der Waals surface area contributed by atoms with E-state index < -0.39 is 18.0 Å². The van der Waals surface area contributed by atoms with E-state index in [4.69, 9.17) is 15.9 Å². The molecule has 0 bridgehead atoms. The SMILES string of the molecule is CCOC(C)=O.NC(CCC(=O)O)C(=O)O. The van der Waals surface area contributed by atoms with Crippen molar-refractivity contribution >= 4 is 17.9 Å². The Morgan fingerprint density at radius 1 is 1.31 bits per heavy atom. The largest absolute Gasteiger partial charge is 0.481 e. The van der Waals surface area contributed by atoms with Crippen molar-refractivity contribution in [1.82, 2.24) is 0 Å². The van der Waals surface area contributed by atoms with E-state index in [9.17, 15) is 14.4 Å². The van der Waals surface area contributed by atoms with Gasteiger partial charge >= 0.3 is 17.9 Å². The number of hydrogen-bond acceptors (Lipinski definition) is 5. The number of rotatable bonds is 5. The van der Waals surface area contributed by atoms with E-state index in [-0.39, 0.29) is 18.8 Å². The van der Waals surface area contributed by atoms with Crippen LogP contribution in [0.2, 0.25) is 0 Å². The third-order valence-electron chi connectivity index (χ3n) is 1.33. The molecule has 0 aliphatic carbocycles. The van der Waals surface area contributed by atoms with Crippen LogP contribution >= 0.6 is 0 Å². The molecule has 7 heteroatoms. The standard InChI is InChI=1S/C5H9NO4.C4H8O2/c6-3(5(9)10)1-2-4(7)8;1-3-6-4(2)5/h3H,1-2,6H2,(H,7,8)(H,9,10);3H2,1-2H3. The minimum Gasteiger partial charge on any atom is -0.481 e. The van der Waals surface area contributed by atoms with E-state index in [1.165, 1.54) is 6.92 Å². The lowest BCUT2D eigenvalue weighted by Gasteiger charge is -2.01. The van der Waals surface area contributed by atoms with Crippen LogP contribution in [0.1, 0.15) is 26.7 Å². The molecule has 0 radical (unpaired) electrons. The molecule has 0 rings (SSSR count). The van der Waals surface area contributed by atoms with E-state index in [0.29, 0.717) is 6.61 Å². The Kier molecular flexibility index (Phi) is 10.4. The van der Waals surface area contributed by atoms with Crippen LogP contribution in [0.4, 0.5) is 0 Å². The first-order chi connectivity index (χ1) is 7.31. The Balaban J connectivity index is 0. The average Bonchev–Trinajstić information content (AvgIpc) is 2.14. The molecule has 0 saturated heterocycles. The van der Waals surface area contributed by atoms with Gasteiger partial charge in [0.15, 0.2) is 0 Å². The summed E-state index contributed by atoms with van der Waals surface area (Å²) in [7, 11) is 0. The van der Waals surface area contributed by atoms with Crippen LogP contribution < -0.4 is 5.73 Å². The maximum atomic E-state index is 9.99. The summed E-state index contributed by atoms with van der Waals surface area (Å²) in [6, 6.07) is -1.06.